The molecule has 1 aromatic rings. The zero-order valence-corrected chi connectivity index (χ0v) is 29.4. The fourth-order valence-corrected chi connectivity index (χ4v) is 13.0. The molecule has 11 atom stereocenters. The van der Waals surface area contributed by atoms with Crippen molar-refractivity contribution in [3.63, 3.8) is 0 Å². The Kier molecular flexibility index (Phi) is 8.04. The highest BCUT2D eigenvalue weighted by molar-refractivity contribution is 5.89. The SMILES string of the molecule is CC(=O)OC1CCC2(C)C(CC(O)C3(O)CC4(C)CCC5C(C)(C)C(OC(=O)c6ccc(O)cc6)CCC5(C)C4CCC23)C1(C)C. The number of carbonyl (C=O) groups is 2. The molecule has 0 aliphatic heterocycles. The molecule has 3 N–H and O–H groups in total. The third-order valence-corrected chi connectivity index (χ3v) is 15.1. The van der Waals surface area contributed by atoms with Crippen molar-refractivity contribution in [1.82, 2.24) is 0 Å². The van der Waals surface area contributed by atoms with Gasteiger partial charge in [0, 0.05) is 17.8 Å². The van der Waals surface area contributed by atoms with Gasteiger partial charge in [-0.25, -0.2) is 4.79 Å². The number of phenols is 1. The molecule has 0 spiro atoms. The van der Waals surface area contributed by atoms with Gasteiger partial charge >= 0.3 is 11.9 Å². The van der Waals surface area contributed by atoms with Crippen LogP contribution in [0.5, 0.6) is 5.75 Å². The maximum Gasteiger partial charge on any atom is 0.338 e. The predicted molar refractivity (Wildman–Crippen MR) is 176 cm³/mol. The quantitative estimate of drug-likeness (QED) is 0.295. The number of aromatic hydroxyl groups is 1. The van der Waals surface area contributed by atoms with Crippen LogP contribution in [0.4, 0.5) is 0 Å². The predicted octanol–water partition coefficient (Wildman–Crippen LogP) is 7.45. The van der Waals surface area contributed by atoms with E-state index >= 15 is 0 Å². The molecule has 0 radical (unpaired) electrons. The van der Waals surface area contributed by atoms with Crippen molar-refractivity contribution in [1.29, 1.82) is 0 Å². The first kappa shape index (κ1) is 33.8. The molecule has 5 fully saturated rings. The molecule has 5 aliphatic rings. The molecule has 5 aliphatic carbocycles. The van der Waals surface area contributed by atoms with Gasteiger partial charge in [-0.05, 0) is 128 Å². The first-order chi connectivity index (χ1) is 21.3. The topological polar surface area (TPSA) is 113 Å². The fourth-order valence-electron chi connectivity index (χ4n) is 13.0. The van der Waals surface area contributed by atoms with Gasteiger partial charge in [0.1, 0.15) is 18.0 Å². The highest BCUT2D eigenvalue weighted by Gasteiger charge is 2.69. The van der Waals surface area contributed by atoms with Crippen LogP contribution in [0.2, 0.25) is 0 Å². The van der Waals surface area contributed by atoms with E-state index in [1.54, 1.807) is 12.1 Å². The number of hydrogen-bond donors (Lipinski definition) is 3. The molecule has 1 aromatic carbocycles. The molecule has 0 heterocycles. The third-order valence-electron chi connectivity index (χ3n) is 15.1. The Balaban J connectivity index is 1.28. The average molecular weight is 639 g/mol. The summed E-state index contributed by atoms with van der Waals surface area (Å²) in [6.07, 6.45) is 7.17. The minimum Gasteiger partial charge on any atom is -0.508 e. The van der Waals surface area contributed by atoms with Crippen LogP contribution in [0.3, 0.4) is 0 Å². The van der Waals surface area contributed by atoms with Crippen LogP contribution >= 0.6 is 0 Å². The molecule has 0 bridgehead atoms. The smallest absolute Gasteiger partial charge is 0.338 e. The molecular weight excluding hydrogens is 580 g/mol. The van der Waals surface area contributed by atoms with E-state index in [2.05, 4.69) is 48.5 Å². The normalized spacial score (nSPS) is 45.9. The number of ether oxygens (including phenoxy) is 2. The van der Waals surface area contributed by atoms with Crippen molar-refractivity contribution >= 4 is 11.9 Å². The maximum absolute atomic E-state index is 13.2. The summed E-state index contributed by atoms with van der Waals surface area (Å²) < 4.78 is 12.1. The number of phenolic OH excluding ortho intramolecular Hbond substituents is 1. The lowest BCUT2D eigenvalue weighted by atomic mass is 9.41. The average Bonchev–Trinajstić information content (AvgIpc) is 3.09. The molecule has 5 saturated carbocycles. The van der Waals surface area contributed by atoms with Crippen LogP contribution in [-0.2, 0) is 14.3 Å². The van der Waals surface area contributed by atoms with E-state index in [1.807, 2.05) is 0 Å². The Morgan fingerprint density at radius 2 is 1.26 bits per heavy atom. The highest BCUT2D eigenvalue weighted by atomic mass is 16.5. The number of esters is 2. The highest BCUT2D eigenvalue weighted by Crippen LogP contribution is 2.72. The summed E-state index contributed by atoms with van der Waals surface area (Å²) in [5.74, 6) is 0.354. The Labute approximate surface area is 275 Å². The minimum absolute atomic E-state index is 0.0132. The summed E-state index contributed by atoms with van der Waals surface area (Å²) >= 11 is 0. The number of benzene rings is 1. The van der Waals surface area contributed by atoms with Gasteiger partial charge in [-0.1, -0.05) is 48.5 Å². The molecular formula is C39H58O7. The second kappa shape index (κ2) is 10.9. The van der Waals surface area contributed by atoms with Gasteiger partial charge in [0.05, 0.1) is 17.3 Å². The van der Waals surface area contributed by atoms with E-state index in [9.17, 15) is 24.9 Å². The van der Waals surface area contributed by atoms with Crippen LogP contribution in [0.15, 0.2) is 24.3 Å². The van der Waals surface area contributed by atoms with Gasteiger partial charge in [-0.2, -0.15) is 0 Å². The largest absolute Gasteiger partial charge is 0.508 e. The van der Waals surface area contributed by atoms with Gasteiger partial charge in [-0.15, -0.1) is 0 Å². The number of fused-ring (bicyclic) bond motifs is 6. The summed E-state index contributed by atoms with van der Waals surface area (Å²) in [6.45, 7) is 17.6. The van der Waals surface area contributed by atoms with Gasteiger partial charge in [-0.3, -0.25) is 4.79 Å². The van der Waals surface area contributed by atoms with Gasteiger partial charge in [0.15, 0.2) is 0 Å². The summed E-state index contributed by atoms with van der Waals surface area (Å²) in [5.41, 5.74) is -1.51. The lowest BCUT2D eigenvalue weighted by Crippen LogP contribution is -2.67. The number of hydrogen-bond acceptors (Lipinski definition) is 7. The second-order valence-corrected chi connectivity index (χ2v) is 18.2. The van der Waals surface area contributed by atoms with Gasteiger partial charge in [0.2, 0.25) is 0 Å². The fraction of sp³-hybridized carbons (Fsp3) is 0.795. The van der Waals surface area contributed by atoms with Crippen LogP contribution in [0.25, 0.3) is 0 Å². The Bertz CT molecular complexity index is 1350. The summed E-state index contributed by atoms with van der Waals surface area (Å²) in [7, 11) is 0. The first-order valence-electron chi connectivity index (χ1n) is 17.9. The first-order valence-corrected chi connectivity index (χ1v) is 17.9. The monoisotopic (exact) mass is 638 g/mol. The second-order valence-electron chi connectivity index (χ2n) is 18.2. The zero-order valence-electron chi connectivity index (χ0n) is 29.4. The summed E-state index contributed by atoms with van der Waals surface area (Å²) in [4.78, 5) is 25.2. The van der Waals surface area contributed by atoms with Crippen molar-refractivity contribution in [2.75, 3.05) is 0 Å². The van der Waals surface area contributed by atoms with Crippen LogP contribution in [-0.4, -0.2) is 51.2 Å². The number of rotatable bonds is 3. The molecule has 7 nitrogen and oxygen atoms in total. The molecule has 46 heavy (non-hydrogen) atoms. The van der Waals surface area contributed by atoms with E-state index < -0.39 is 11.7 Å². The van der Waals surface area contributed by atoms with Crippen LogP contribution in [0, 0.1) is 50.7 Å². The molecule has 256 valence electrons. The van der Waals surface area contributed by atoms with Gasteiger partial charge in [0.25, 0.3) is 0 Å². The number of carbonyl (C=O) groups excluding carboxylic acids is 2. The van der Waals surface area contributed by atoms with Crippen LogP contribution in [0.1, 0.15) is 130 Å². The molecule has 11 unspecified atom stereocenters. The van der Waals surface area contributed by atoms with Crippen LogP contribution < -0.4 is 0 Å². The summed E-state index contributed by atoms with van der Waals surface area (Å²) in [5, 5.41) is 34.4. The standard InChI is InChI=1S/C39H58O7/c1-23(40)45-31-16-20-38(8)28-14-13-27-36(6,22-39(28,44)30(42)21-29(38)35(31,4)5)18-15-26-34(2,3)32(17-19-37(26,27)7)46-33(43)24-9-11-25(41)12-10-24/h9-12,26-32,41-42,44H,13-22H2,1-8H3. The Morgan fingerprint density at radius 3 is 1.87 bits per heavy atom. The minimum atomic E-state index is -1.16. The van der Waals surface area contributed by atoms with Gasteiger partial charge < -0.3 is 24.8 Å². The van der Waals surface area contributed by atoms with E-state index in [0.717, 1.165) is 51.4 Å². The van der Waals surface area contributed by atoms with Crippen molar-refractivity contribution in [3.05, 3.63) is 29.8 Å². The molecule has 0 amide bonds. The van der Waals surface area contributed by atoms with Crippen molar-refractivity contribution < 1.29 is 34.4 Å². The molecule has 6 rings (SSSR count). The van der Waals surface area contributed by atoms with E-state index in [-0.39, 0.29) is 68.8 Å². The zero-order chi connectivity index (χ0) is 33.7. The van der Waals surface area contributed by atoms with E-state index in [1.165, 1.54) is 19.1 Å². The number of aliphatic hydroxyl groups excluding tert-OH is 1. The summed E-state index contributed by atoms with van der Waals surface area (Å²) in [6, 6.07) is 6.27. The number of aliphatic hydroxyl groups is 2. The molecule has 0 saturated heterocycles. The van der Waals surface area contributed by atoms with Crippen molar-refractivity contribution in [3.8, 4) is 5.75 Å². The molecule has 7 heteroatoms. The third kappa shape index (κ3) is 4.95. The Hall–Kier alpha value is -2.12. The lowest BCUT2D eigenvalue weighted by molar-refractivity contribution is -0.254. The molecule has 0 aromatic heterocycles. The van der Waals surface area contributed by atoms with Crippen molar-refractivity contribution in [2.45, 2.75) is 144 Å². The maximum atomic E-state index is 13.2. The van der Waals surface area contributed by atoms with E-state index in [0.29, 0.717) is 30.2 Å². The lowest BCUT2D eigenvalue weighted by Gasteiger charge is -2.65. The van der Waals surface area contributed by atoms with Crippen molar-refractivity contribution in [2.24, 2.45) is 50.7 Å². The van der Waals surface area contributed by atoms with E-state index in [4.69, 9.17) is 9.47 Å². The Morgan fingerprint density at radius 1 is 0.717 bits per heavy atom.